The predicted octanol–water partition coefficient (Wildman–Crippen LogP) is 3.44. The van der Waals surface area contributed by atoms with Gasteiger partial charge >= 0.3 is 0 Å². The van der Waals surface area contributed by atoms with Gasteiger partial charge in [0.1, 0.15) is 11.6 Å². The first-order valence-corrected chi connectivity index (χ1v) is 8.75. The van der Waals surface area contributed by atoms with Crippen LogP contribution in [0.4, 0.5) is 29.0 Å². The molecule has 9 nitrogen and oxygen atoms in total. The maximum Gasteiger partial charge on any atom is 0.233 e. The summed E-state index contributed by atoms with van der Waals surface area (Å²) < 4.78 is 1.48. The molecule has 4 rings (SSSR count). The molecule has 0 atom stereocenters. The number of carbonyl (C=O) groups is 1. The van der Waals surface area contributed by atoms with Crippen LogP contribution in [-0.2, 0) is 4.79 Å². The Bertz CT molecular complexity index is 1230. The van der Waals surface area contributed by atoms with Gasteiger partial charge in [0, 0.05) is 24.0 Å². The van der Waals surface area contributed by atoms with E-state index in [0.29, 0.717) is 28.5 Å². The van der Waals surface area contributed by atoms with Crippen LogP contribution in [0.15, 0.2) is 60.8 Å². The van der Waals surface area contributed by atoms with Gasteiger partial charge in [-0.3, -0.25) is 4.79 Å². The molecule has 9 heteroatoms. The Morgan fingerprint density at radius 1 is 1.00 bits per heavy atom. The molecule has 4 aromatic rings. The monoisotopic (exact) mass is 384 g/mol. The minimum absolute atomic E-state index is 0.160. The standard InChI is InChI=1S/C20H16N8O/c1-13(29)23-16-8-5-9-17(10-16)24-19-26-18-14(11-21)12-22-28(18)20(27-19)25-15-6-3-2-4-7-15/h2-10,12H,1H3,(H,23,29)(H2,24,25,26,27). The third-order valence-electron chi connectivity index (χ3n) is 3.96. The Morgan fingerprint density at radius 2 is 1.76 bits per heavy atom. The Hall–Kier alpha value is -4.45. The van der Waals surface area contributed by atoms with E-state index in [1.54, 1.807) is 18.2 Å². The number of hydrogen-bond donors (Lipinski definition) is 3. The van der Waals surface area contributed by atoms with E-state index in [1.165, 1.54) is 17.6 Å². The highest BCUT2D eigenvalue weighted by atomic mass is 16.1. The van der Waals surface area contributed by atoms with Gasteiger partial charge in [0.15, 0.2) is 5.65 Å². The lowest BCUT2D eigenvalue weighted by atomic mass is 10.2. The van der Waals surface area contributed by atoms with Gasteiger partial charge in [-0.15, -0.1) is 0 Å². The minimum Gasteiger partial charge on any atom is -0.326 e. The zero-order chi connectivity index (χ0) is 20.2. The van der Waals surface area contributed by atoms with Crippen LogP contribution in [0.1, 0.15) is 12.5 Å². The third-order valence-corrected chi connectivity index (χ3v) is 3.96. The van der Waals surface area contributed by atoms with Crippen LogP contribution in [0.5, 0.6) is 0 Å². The molecule has 142 valence electrons. The molecule has 2 heterocycles. The van der Waals surface area contributed by atoms with Crippen LogP contribution in [0, 0.1) is 11.3 Å². The van der Waals surface area contributed by atoms with Crippen molar-refractivity contribution in [3.8, 4) is 6.07 Å². The van der Waals surface area contributed by atoms with Gasteiger partial charge in [0.05, 0.1) is 6.20 Å². The Labute approximate surface area is 166 Å². The molecule has 0 aliphatic carbocycles. The maximum atomic E-state index is 11.3. The van der Waals surface area contributed by atoms with E-state index >= 15 is 0 Å². The van der Waals surface area contributed by atoms with Crippen molar-refractivity contribution in [2.24, 2.45) is 0 Å². The number of anilines is 5. The van der Waals surface area contributed by atoms with Crippen molar-refractivity contribution in [1.82, 2.24) is 19.6 Å². The molecule has 0 radical (unpaired) electrons. The van der Waals surface area contributed by atoms with Crippen LogP contribution < -0.4 is 16.0 Å². The van der Waals surface area contributed by atoms with Crippen molar-refractivity contribution >= 4 is 40.5 Å². The molecular weight excluding hydrogens is 368 g/mol. The van der Waals surface area contributed by atoms with Crippen LogP contribution in [0.2, 0.25) is 0 Å². The molecule has 0 fully saturated rings. The topological polar surface area (TPSA) is 120 Å². The molecule has 0 aliphatic rings. The highest BCUT2D eigenvalue weighted by molar-refractivity contribution is 5.89. The Kier molecular flexibility index (Phi) is 4.74. The van der Waals surface area contributed by atoms with E-state index in [-0.39, 0.29) is 11.9 Å². The number of amides is 1. The first kappa shape index (κ1) is 17.9. The average Bonchev–Trinajstić information content (AvgIpc) is 3.12. The van der Waals surface area contributed by atoms with Gasteiger partial charge in [-0.25, -0.2) is 0 Å². The zero-order valence-corrected chi connectivity index (χ0v) is 15.4. The molecule has 0 unspecified atom stereocenters. The van der Waals surface area contributed by atoms with Gasteiger partial charge in [-0.1, -0.05) is 24.3 Å². The second kappa shape index (κ2) is 7.66. The lowest BCUT2D eigenvalue weighted by Crippen LogP contribution is -2.08. The van der Waals surface area contributed by atoms with Crippen LogP contribution in [-0.4, -0.2) is 25.5 Å². The summed E-state index contributed by atoms with van der Waals surface area (Å²) in [5.41, 5.74) is 2.86. The molecule has 0 saturated carbocycles. The van der Waals surface area contributed by atoms with Crippen LogP contribution in [0.25, 0.3) is 5.65 Å². The molecule has 0 bridgehead atoms. The summed E-state index contributed by atoms with van der Waals surface area (Å²) in [7, 11) is 0. The van der Waals surface area contributed by atoms with Gasteiger partial charge in [0.25, 0.3) is 0 Å². The van der Waals surface area contributed by atoms with E-state index in [4.69, 9.17) is 0 Å². The fourth-order valence-electron chi connectivity index (χ4n) is 2.75. The summed E-state index contributed by atoms with van der Waals surface area (Å²) in [4.78, 5) is 20.2. The van der Waals surface area contributed by atoms with Crippen molar-refractivity contribution in [2.75, 3.05) is 16.0 Å². The normalized spacial score (nSPS) is 10.3. The summed E-state index contributed by atoms with van der Waals surface area (Å²) in [6, 6.07) is 18.8. The SMILES string of the molecule is CC(=O)Nc1cccc(Nc2nc(Nc3ccccc3)n3ncc(C#N)c3n2)c1. The number of nitriles is 1. The molecule has 0 spiro atoms. The molecule has 3 N–H and O–H groups in total. The summed E-state index contributed by atoms with van der Waals surface area (Å²) >= 11 is 0. The fourth-order valence-corrected chi connectivity index (χ4v) is 2.75. The number of para-hydroxylation sites is 1. The van der Waals surface area contributed by atoms with Crippen molar-refractivity contribution in [1.29, 1.82) is 5.26 Å². The summed E-state index contributed by atoms with van der Waals surface area (Å²) in [5, 5.41) is 22.6. The molecule has 2 aromatic heterocycles. The molecular formula is C20H16N8O. The average molecular weight is 384 g/mol. The van der Waals surface area contributed by atoms with Crippen molar-refractivity contribution in [3.63, 3.8) is 0 Å². The van der Waals surface area contributed by atoms with Crippen molar-refractivity contribution < 1.29 is 4.79 Å². The summed E-state index contributed by atoms with van der Waals surface area (Å²) in [5.74, 6) is 0.531. The number of carbonyl (C=O) groups excluding carboxylic acids is 1. The number of nitrogens with zero attached hydrogens (tertiary/aromatic N) is 5. The highest BCUT2D eigenvalue weighted by Gasteiger charge is 2.13. The predicted molar refractivity (Wildman–Crippen MR) is 109 cm³/mol. The number of nitrogens with one attached hydrogen (secondary N) is 3. The second-order valence-corrected chi connectivity index (χ2v) is 6.15. The quantitative estimate of drug-likeness (QED) is 0.482. The van der Waals surface area contributed by atoms with Crippen LogP contribution in [0.3, 0.4) is 0 Å². The smallest absolute Gasteiger partial charge is 0.233 e. The van der Waals surface area contributed by atoms with E-state index in [2.05, 4.69) is 37.1 Å². The number of rotatable bonds is 5. The van der Waals surface area contributed by atoms with E-state index in [1.807, 2.05) is 36.4 Å². The first-order chi connectivity index (χ1) is 14.1. The zero-order valence-electron chi connectivity index (χ0n) is 15.4. The summed E-state index contributed by atoms with van der Waals surface area (Å²) in [6.45, 7) is 1.45. The molecule has 0 saturated heterocycles. The van der Waals surface area contributed by atoms with E-state index in [9.17, 15) is 10.1 Å². The van der Waals surface area contributed by atoms with E-state index < -0.39 is 0 Å². The number of fused-ring (bicyclic) bond motifs is 1. The van der Waals surface area contributed by atoms with Gasteiger partial charge in [-0.05, 0) is 30.3 Å². The van der Waals surface area contributed by atoms with Gasteiger partial charge < -0.3 is 16.0 Å². The fraction of sp³-hybridized carbons (Fsp3) is 0.0500. The molecule has 1 amide bonds. The highest BCUT2D eigenvalue weighted by Crippen LogP contribution is 2.22. The van der Waals surface area contributed by atoms with Crippen molar-refractivity contribution in [2.45, 2.75) is 6.92 Å². The largest absolute Gasteiger partial charge is 0.326 e. The number of benzene rings is 2. The Balaban J connectivity index is 1.73. The van der Waals surface area contributed by atoms with Crippen molar-refractivity contribution in [3.05, 3.63) is 66.4 Å². The molecule has 2 aromatic carbocycles. The number of aromatic nitrogens is 4. The first-order valence-electron chi connectivity index (χ1n) is 8.75. The van der Waals surface area contributed by atoms with Crippen LogP contribution >= 0.6 is 0 Å². The second-order valence-electron chi connectivity index (χ2n) is 6.15. The third kappa shape index (κ3) is 3.96. The lowest BCUT2D eigenvalue weighted by Gasteiger charge is -2.11. The Morgan fingerprint density at radius 3 is 2.52 bits per heavy atom. The maximum absolute atomic E-state index is 11.3. The molecule has 29 heavy (non-hydrogen) atoms. The van der Waals surface area contributed by atoms with Gasteiger partial charge in [-0.2, -0.15) is 24.8 Å². The van der Waals surface area contributed by atoms with E-state index in [0.717, 1.165) is 5.69 Å². The summed E-state index contributed by atoms with van der Waals surface area (Å²) in [6.07, 6.45) is 1.45. The molecule has 0 aliphatic heterocycles. The minimum atomic E-state index is -0.160. The number of hydrogen-bond acceptors (Lipinski definition) is 7. The lowest BCUT2D eigenvalue weighted by molar-refractivity contribution is -0.114. The van der Waals surface area contributed by atoms with Gasteiger partial charge in [0.2, 0.25) is 17.8 Å².